The molecule has 0 radical (unpaired) electrons. The zero-order valence-corrected chi connectivity index (χ0v) is 6.08. The average molecular weight is 155 g/mol. The number of fused-ring (bicyclic) bond motifs is 1. The Hall–Kier alpha value is -1.06. The molecule has 0 aromatic heterocycles. The lowest BCUT2D eigenvalue weighted by molar-refractivity contribution is -0.166. The molecular formula is C7H9NO3. The molecule has 0 unspecified atom stereocenters. The Labute approximate surface area is 64.1 Å². The minimum atomic E-state index is -0.267. The van der Waals surface area contributed by atoms with Crippen LogP contribution in [0, 0.1) is 0 Å². The van der Waals surface area contributed by atoms with Gasteiger partial charge in [0.05, 0.1) is 0 Å². The number of amides is 1. The van der Waals surface area contributed by atoms with Crippen LogP contribution in [-0.2, 0) is 14.3 Å². The van der Waals surface area contributed by atoms with Crippen LogP contribution in [0.1, 0.15) is 12.8 Å². The van der Waals surface area contributed by atoms with Gasteiger partial charge in [-0.3, -0.25) is 4.79 Å². The summed E-state index contributed by atoms with van der Waals surface area (Å²) < 4.78 is 4.67. The Morgan fingerprint density at radius 3 is 3.00 bits per heavy atom. The Morgan fingerprint density at radius 1 is 1.45 bits per heavy atom. The molecule has 2 aliphatic rings. The highest BCUT2D eigenvalue weighted by atomic mass is 16.5. The molecule has 0 bridgehead atoms. The van der Waals surface area contributed by atoms with Crippen molar-refractivity contribution in [3.8, 4) is 0 Å². The summed E-state index contributed by atoms with van der Waals surface area (Å²) in [7, 11) is 0. The molecule has 1 amide bonds. The first-order valence-corrected chi connectivity index (χ1v) is 3.75. The fourth-order valence-electron chi connectivity index (χ4n) is 1.62. The number of ether oxygens (including phenoxy) is 1. The summed E-state index contributed by atoms with van der Waals surface area (Å²) in [6.07, 6.45) is 1.69. The molecule has 4 heteroatoms. The standard InChI is InChI=1S/C7H9NO3/c9-6-4-11-7(10)5-2-1-3-8(5)6/h5H,1-4H2/t5-/m0/s1. The Balaban J connectivity index is 2.20. The van der Waals surface area contributed by atoms with Crippen molar-refractivity contribution >= 4 is 11.9 Å². The summed E-state index contributed by atoms with van der Waals surface area (Å²) in [5.74, 6) is -0.283. The number of carbonyl (C=O) groups is 2. The normalized spacial score (nSPS) is 30.2. The molecule has 2 fully saturated rings. The van der Waals surface area contributed by atoms with Crippen LogP contribution in [0.4, 0.5) is 0 Å². The van der Waals surface area contributed by atoms with Crippen LogP contribution in [0.15, 0.2) is 0 Å². The van der Waals surface area contributed by atoms with E-state index in [1.807, 2.05) is 0 Å². The minimum absolute atomic E-state index is 0.0490. The number of carbonyl (C=O) groups excluding carboxylic acids is 2. The van der Waals surface area contributed by atoms with Crippen LogP contribution in [0.5, 0.6) is 0 Å². The molecule has 0 aromatic carbocycles. The smallest absolute Gasteiger partial charge is 0.329 e. The first-order valence-electron chi connectivity index (χ1n) is 3.75. The fourth-order valence-corrected chi connectivity index (χ4v) is 1.62. The highest BCUT2D eigenvalue weighted by Gasteiger charge is 2.39. The number of rotatable bonds is 0. The van der Waals surface area contributed by atoms with Crippen molar-refractivity contribution < 1.29 is 14.3 Å². The highest BCUT2D eigenvalue weighted by Crippen LogP contribution is 2.21. The van der Waals surface area contributed by atoms with Gasteiger partial charge in [-0.15, -0.1) is 0 Å². The SMILES string of the molecule is O=C1OCC(=O)N2CCC[C@@H]12. The molecule has 2 rings (SSSR count). The van der Waals surface area contributed by atoms with E-state index in [0.717, 1.165) is 19.4 Å². The fraction of sp³-hybridized carbons (Fsp3) is 0.714. The second-order valence-corrected chi connectivity index (χ2v) is 2.85. The summed E-state index contributed by atoms with van der Waals surface area (Å²) in [4.78, 5) is 23.7. The molecule has 2 saturated heterocycles. The molecule has 0 aliphatic carbocycles. The van der Waals surface area contributed by atoms with Crippen molar-refractivity contribution in [1.29, 1.82) is 0 Å². The zero-order valence-electron chi connectivity index (χ0n) is 6.08. The molecule has 0 spiro atoms. The molecular weight excluding hydrogens is 146 g/mol. The number of hydrogen-bond acceptors (Lipinski definition) is 3. The van der Waals surface area contributed by atoms with E-state index in [1.54, 1.807) is 4.90 Å². The van der Waals surface area contributed by atoms with E-state index < -0.39 is 0 Å². The lowest BCUT2D eigenvalue weighted by Crippen LogP contribution is -2.48. The third-order valence-electron chi connectivity index (χ3n) is 2.18. The maximum atomic E-state index is 11.1. The molecule has 0 N–H and O–H groups in total. The number of morpholine rings is 1. The Bertz CT molecular complexity index is 192. The monoisotopic (exact) mass is 155 g/mol. The van der Waals surface area contributed by atoms with Gasteiger partial charge >= 0.3 is 5.97 Å². The minimum Gasteiger partial charge on any atom is -0.454 e. The van der Waals surface area contributed by atoms with E-state index >= 15 is 0 Å². The summed E-state index contributed by atoms with van der Waals surface area (Å²) >= 11 is 0. The molecule has 0 saturated carbocycles. The van der Waals surface area contributed by atoms with Gasteiger partial charge in [0.15, 0.2) is 6.61 Å². The van der Waals surface area contributed by atoms with Crippen molar-refractivity contribution in [1.82, 2.24) is 4.90 Å². The van der Waals surface area contributed by atoms with Gasteiger partial charge in [0.1, 0.15) is 6.04 Å². The molecule has 2 aliphatic heterocycles. The number of nitrogens with zero attached hydrogens (tertiary/aromatic N) is 1. The summed E-state index contributed by atoms with van der Waals surface area (Å²) in [5.41, 5.74) is 0. The molecule has 4 nitrogen and oxygen atoms in total. The van der Waals surface area contributed by atoms with Gasteiger partial charge in [-0.1, -0.05) is 0 Å². The van der Waals surface area contributed by atoms with Crippen molar-refractivity contribution in [2.45, 2.75) is 18.9 Å². The van der Waals surface area contributed by atoms with Gasteiger partial charge in [-0.25, -0.2) is 4.79 Å². The van der Waals surface area contributed by atoms with E-state index in [1.165, 1.54) is 0 Å². The van der Waals surface area contributed by atoms with Gasteiger partial charge in [0.2, 0.25) is 0 Å². The lowest BCUT2D eigenvalue weighted by Gasteiger charge is -2.27. The quantitative estimate of drug-likeness (QED) is 0.444. The van der Waals surface area contributed by atoms with Crippen LogP contribution in [-0.4, -0.2) is 36.0 Å². The van der Waals surface area contributed by atoms with E-state index in [0.29, 0.717) is 0 Å². The molecule has 1 atom stereocenters. The maximum absolute atomic E-state index is 11.1. The van der Waals surface area contributed by atoms with Crippen LogP contribution in [0.25, 0.3) is 0 Å². The van der Waals surface area contributed by atoms with Crippen molar-refractivity contribution in [2.24, 2.45) is 0 Å². The van der Waals surface area contributed by atoms with E-state index in [-0.39, 0.29) is 24.5 Å². The maximum Gasteiger partial charge on any atom is 0.329 e. The van der Waals surface area contributed by atoms with Crippen LogP contribution in [0.3, 0.4) is 0 Å². The summed E-state index contributed by atoms with van der Waals surface area (Å²) in [6.45, 7) is 0.661. The van der Waals surface area contributed by atoms with Crippen molar-refractivity contribution in [3.63, 3.8) is 0 Å². The van der Waals surface area contributed by atoms with Crippen molar-refractivity contribution in [3.05, 3.63) is 0 Å². The van der Waals surface area contributed by atoms with Gasteiger partial charge in [-0.2, -0.15) is 0 Å². The summed E-state index contributed by atoms with van der Waals surface area (Å²) in [5, 5.41) is 0. The predicted molar refractivity (Wildman–Crippen MR) is 35.7 cm³/mol. The van der Waals surface area contributed by atoms with E-state index in [9.17, 15) is 9.59 Å². The van der Waals surface area contributed by atoms with Gasteiger partial charge < -0.3 is 9.64 Å². The third kappa shape index (κ3) is 0.895. The number of hydrogen-bond donors (Lipinski definition) is 0. The van der Waals surface area contributed by atoms with Gasteiger partial charge in [0.25, 0.3) is 5.91 Å². The third-order valence-corrected chi connectivity index (χ3v) is 2.18. The first-order chi connectivity index (χ1) is 5.29. The molecule has 2 heterocycles. The topological polar surface area (TPSA) is 46.6 Å². The molecule has 0 aromatic rings. The van der Waals surface area contributed by atoms with Crippen LogP contribution >= 0.6 is 0 Å². The van der Waals surface area contributed by atoms with Gasteiger partial charge in [0, 0.05) is 6.54 Å². The summed E-state index contributed by atoms with van der Waals surface area (Å²) in [6, 6.07) is -0.267. The van der Waals surface area contributed by atoms with Crippen LogP contribution in [0.2, 0.25) is 0 Å². The zero-order chi connectivity index (χ0) is 7.84. The number of cyclic esters (lactones) is 1. The lowest BCUT2D eigenvalue weighted by atomic mass is 10.2. The second-order valence-electron chi connectivity index (χ2n) is 2.85. The number of esters is 1. The molecule has 11 heavy (non-hydrogen) atoms. The molecule has 60 valence electrons. The highest BCUT2D eigenvalue weighted by molar-refractivity contribution is 5.90. The largest absolute Gasteiger partial charge is 0.454 e. The first kappa shape index (κ1) is 6.64. The Kier molecular flexibility index (Phi) is 1.34. The second kappa shape index (κ2) is 2.22. The van der Waals surface area contributed by atoms with E-state index in [4.69, 9.17) is 0 Å². The average Bonchev–Trinajstić information content (AvgIpc) is 2.45. The van der Waals surface area contributed by atoms with Gasteiger partial charge in [-0.05, 0) is 12.8 Å². The van der Waals surface area contributed by atoms with Crippen molar-refractivity contribution in [2.75, 3.05) is 13.2 Å². The van der Waals surface area contributed by atoms with Crippen LogP contribution < -0.4 is 0 Å². The predicted octanol–water partition coefficient (Wildman–Crippen LogP) is -0.466. The Morgan fingerprint density at radius 2 is 2.27 bits per heavy atom. The van der Waals surface area contributed by atoms with E-state index in [2.05, 4.69) is 4.74 Å².